The van der Waals surface area contributed by atoms with Crippen LogP contribution in [0.15, 0.2) is 30.5 Å². The van der Waals surface area contributed by atoms with Gasteiger partial charge in [0.15, 0.2) is 0 Å². The van der Waals surface area contributed by atoms with Crippen LogP contribution in [-0.4, -0.2) is 4.98 Å². The van der Waals surface area contributed by atoms with Crippen molar-refractivity contribution in [2.75, 3.05) is 5.73 Å². The molecular weight excluding hydrogens is 233 g/mol. The third-order valence-corrected chi connectivity index (χ3v) is 2.34. The van der Waals surface area contributed by atoms with E-state index in [-0.39, 0.29) is 17.3 Å². The lowest BCUT2D eigenvalue weighted by Crippen LogP contribution is -1.96. The standard InChI is InChI=1S/C13H10FN3O/c1-8-4-10(14)2-3-12(8)18-13-9(6-15)5-11(16)7-17-13/h2-5,7H,16H2,1H3. The Morgan fingerprint density at radius 1 is 1.39 bits per heavy atom. The number of benzene rings is 1. The number of nitriles is 1. The second-order valence-electron chi connectivity index (χ2n) is 3.75. The van der Waals surface area contributed by atoms with Crippen LogP contribution in [0.1, 0.15) is 11.1 Å². The molecule has 0 unspecified atom stereocenters. The maximum absolute atomic E-state index is 12.9. The largest absolute Gasteiger partial charge is 0.437 e. The number of anilines is 1. The first-order valence-corrected chi connectivity index (χ1v) is 5.20. The van der Waals surface area contributed by atoms with E-state index in [1.165, 1.54) is 30.5 Å². The molecule has 0 saturated carbocycles. The highest BCUT2D eigenvalue weighted by molar-refractivity contribution is 5.50. The molecule has 90 valence electrons. The minimum absolute atomic E-state index is 0.154. The van der Waals surface area contributed by atoms with Gasteiger partial charge in [0.05, 0.1) is 11.9 Å². The van der Waals surface area contributed by atoms with Crippen molar-refractivity contribution in [3.63, 3.8) is 0 Å². The van der Waals surface area contributed by atoms with E-state index < -0.39 is 0 Å². The number of nitrogens with two attached hydrogens (primary N) is 1. The quantitative estimate of drug-likeness (QED) is 0.880. The number of halogens is 1. The fourth-order valence-corrected chi connectivity index (χ4v) is 1.46. The van der Waals surface area contributed by atoms with Crippen molar-refractivity contribution in [3.05, 3.63) is 47.4 Å². The lowest BCUT2D eigenvalue weighted by Gasteiger charge is -2.09. The van der Waals surface area contributed by atoms with Gasteiger partial charge in [-0.3, -0.25) is 0 Å². The fourth-order valence-electron chi connectivity index (χ4n) is 1.46. The summed E-state index contributed by atoms with van der Waals surface area (Å²) in [5.74, 6) is 0.261. The summed E-state index contributed by atoms with van der Waals surface area (Å²) in [6, 6.07) is 7.54. The lowest BCUT2D eigenvalue weighted by molar-refractivity contribution is 0.456. The smallest absolute Gasteiger partial charge is 0.237 e. The van der Waals surface area contributed by atoms with Crippen LogP contribution in [0.4, 0.5) is 10.1 Å². The maximum Gasteiger partial charge on any atom is 0.237 e. The number of hydrogen-bond acceptors (Lipinski definition) is 4. The van der Waals surface area contributed by atoms with Gasteiger partial charge in [-0.2, -0.15) is 5.26 Å². The fraction of sp³-hybridized carbons (Fsp3) is 0.0769. The van der Waals surface area contributed by atoms with Gasteiger partial charge in [0.2, 0.25) is 5.88 Å². The summed E-state index contributed by atoms with van der Waals surface area (Å²) in [6.07, 6.45) is 1.40. The maximum atomic E-state index is 12.9. The Hall–Kier alpha value is -2.61. The molecule has 0 aliphatic heterocycles. The van der Waals surface area contributed by atoms with E-state index in [0.29, 0.717) is 17.0 Å². The van der Waals surface area contributed by atoms with Crippen LogP contribution in [0, 0.1) is 24.1 Å². The second kappa shape index (κ2) is 4.72. The monoisotopic (exact) mass is 243 g/mol. The SMILES string of the molecule is Cc1cc(F)ccc1Oc1ncc(N)cc1C#N. The Morgan fingerprint density at radius 2 is 2.17 bits per heavy atom. The van der Waals surface area contributed by atoms with Gasteiger partial charge in [-0.25, -0.2) is 9.37 Å². The van der Waals surface area contributed by atoms with Gasteiger partial charge >= 0.3 is 0 Å². The van der Waals surface area contributed by atoms with Gasteiger partial charge in [0, 0.05) is 0 Å². The van der Waals surface area contributed by atoms with Crippen LogP contribution < -0.4 is 10.5 Å². The molecule has 2 N–H and O–H groups in total. The third kappa shape index (κ3) is 2.38. The number of aromatic nitrogens is 1. The molecule has 2 aromatic rings. The molecule has 1 aromatic heterocycles. The van der Waals surface area contributed by atoms with Crippen LogP contribution in [0.3, 0.4) is 0 Å². The first kappa shape index (κ1) is 11.9. The molecule has 5 heteroatoms. The van der Waals surface area contributed by atoms with Gasteiger partial charge in [-0.15, -0.1) is 0 Å². The van der Waals surface area contributed by atoms with Crippen molar-refractivity contribution in [2.24, 2.45) is 0 Å². The summed E-state index contributed by atoms with van der Waals surface area (Å²) in [7, 11) is 0. The molecule has 0 radical (unpaired) electrons. The van der Waals surface area contributed by atoms with Crippen molar-refractivity contribution in [1.29, 1.82) is 5.26 Å². The summed E-state index contributed by atoms with van der Waals surface area (Å²) in [4.78, 5) is 3.94. The molecule has 0 spiro atoms. The molecule has 1 heterocycles. The molecule has 0 fully saturated rings. The van der Waals surface area contributed by atoms with Crippen molar-refractivity contribution in [3.8, 4) is 17.7 Å². The third-order valence-electron chi connectivity index (χ3n) is 2.34. The van der Waals surface area contributed by atoms with Crippen LogP contribution in [0.25, 0.3) is 0 Å². The van der Waals surface area contributed by atoms with Crippen LogP contribution >= 0.6 is 0 Å². The minimum Gasteiger partial charge on any atom is -0.437 e. The molecule has 2 rings (SSSR count). The summed E-state index contributed by atoms with van der Waals surface area (Å²) in [5, 5.41) is 8.95. The zero-order chi connectivity index (χ0) is 13.1. The number of hydrogen-bond donors (Lipinski definition) is 1. The Labute approximate surface area is 103 Å². The Kier molecular flexibility index (Phi) is 3.11. The normalized spacial score (nSPS) is 9.83. The number of rotatable bonds is 2. The molecular formula is C13H10FN3O. The van der Waals surface area contributed by atoms with Crippen molar-refractivity contribution in [1.82, 2.24) is 4.98 Å². The van der Waals surface area contributed by atoms with Crippen molar-refractivity contribution >= 4 is 5.69 Å². The van der Waals surface area contributed by atoms with E-state index in [1.54, 1.807) is 6.92 Å². The molecule has 4 nitrogen and oxygen atoms in total. The van der Waals surface area contributed by atoms with E-state index in [2.05, 4.69) is 4.98 Å². The molecule has 1 aromatic carbocycles. The number of aryl methyl sites for hydroxylation is 1. The lowest BCUT2D eigenvalue weighted by atomic mass is 10.2. The van der Waals surface area contributed by atoms with Gasteiger partial charge in [-0.1, -0.05) is 0 Å². The van der Waals surface area contributed by atoms with Crippen LogP contribution in [-0.2, 0) is 0 Å². The summed E-state index contributed by atoms with van der Waals surface area (Å²) in [6.45, 7) is 1.71. The molecule has 0 atom stereocenters. The summed E-state index contributed by atoms with van der Waals surface area (Å²) in [5.41, 5.74) is 6.77. The number of ether oxygens (including phenoxy) is 1. The zero-order valence-corrected chi connectivity index (χ0v) is 9.64. The molecule has 18 heavy (non-hydrogen) atoms. The average Bonchev–Trinajstić information content (AvgIpc) is 2.34. The summed E-state index contributed by atoms with van der Waals surface area (Å²) >= 11 is 0. The highest BCUT2D eigenvalue weighted by Crippen LogP contribution is 2.27. The predicted octanol–water partition coefficient (Wildman–Crippen LogP) is 2.78. The highest BCUT2D eigenvalue weighted by atomic mass is 19.1. The van der Waals surface area contributed by atoms with Gasteiger partial charge < -0.3 is 10.5 Å². The van der Waals surface area contributed by atoms with E-state index >= 15 is 0 Å². The van der Waals surface area contributed by atoms with Crippen LogP contribution in [0.5, 0.6) is 11.6 Å². The van der Waals surface area contributed by atoms with Gasteiger partial charge in [0.25, 0.3) is 0 Å². The molecule has 0 amide bonds. The van der Waals surface area contributed by atoms with E-state index in [9.17, 15) is 4.39 Å². The first-order chi connectivity index (χ1) is 8.60. The van der Waals surface area contributed by atoms with Crippen molar-refractivity contribution < 1.29 is 9.13 Å². The minimum atomic E-state index is -0.342. The number of nitrogen functional groups attached to an aromatic ring is 1. The molecule has 0 aliphatic carbocycles. The van der Waals surface area contributed by atoms with Crippen molar-refractivity contribution in [2.45, 2.75) is 6.92 Å². The summed E-state index contributed by atoms with van der Waals surface area (Å²) < 4.78 is 18.4. The van der Waals surface area contributed by atoms with E-state index in [4.69, 9.17) is 15.7 Å². The van der Waals surface area contributed by atoms with Gasteiger partial charge in [-0.05, 0) is 36.8 Å². The Morgan fingerprint density at radius 3 is 2.83 bits per heavy atom. The highest BCUT2D eigenvalue weighted by Gasteiger charge is 2.09. The average molecular weight is 243 g/mol. The van der Waals surface area contributed by atoms with E-state index in [0.717, 1.165) is 0 Å². The first-order valence-electron chi connectivity index (χ1n) is 5.20. The van der Waals surface area contributed by atoms with Gasteiger partial charge in [0.1, 0.15) is 23.2 Å². The second-order valence-corrected chi connectivity index (χ2v) is 3.75. The molecule has 0 aliphatic rings. The topological polar surface area (TPSA) is 71.9 Å². The molecule has 0 saturated heterocycles. The number of nitrogens with zero attached hydrogens (tertiary/aromatic N) is 2. The predicted molar refractivity (Wildman–Crippen MR) is 64.6 cm³/mol. The van der Waals surface area contributed by atoms with E-state index in [1.807, 2.05) is 6.07 Å². The van der Waals surface area contributed by atoms with Crippen LogP contribution in [0.2, 0.25) is 0 Å². The Balaban J connectivity index is 2.37. The zero-order valence-electron chi connectivity index (χ0n) is 9.64. The number of pyridine rings is 1. The molecule has 0 bridgehead atoms. The Bertz CT molecular complexity index is 635.